The monoisotopic (exact) mass is 355 g/mol. The van der Waals surface area contributed by atoms with Crippen LogP contribution < -0.4 is 9.64 Å². The molecule has 2 aromatic rings. The van der Waals surface area contributed by atoms with E-state index in [1.807, 2.05) is 0 Å². The first-order valence-corrected chi connectivity index (χ1v) is 7.91. The summed E-state index contributed by atoms with van der Waals surface area (Å²) >= 11 is 0. The zero-order chi connectivity index (χ0) is 18.8. The van der Waals surface area contributed by atoms with Gasteiger partial charge in [-0.1, -0.05) is 18.2 Å². The lowest BCUT2D eigenvalue weighted by Gasteiger charge is -2.35. The standard InChI is InChI=1S/C18H17N3O5/c1-19(2)18(23)16-11-20(14-8-3-4-9-15(14)26-16)17(22)12-6-5-7-13(10-12)21(24)25/h3-10,16H,11H2,1-2H3/t16-/m0/s1. The molecule has 0 saturated carbocycles. The molecule has 1 heterocycles. The summed E-state index contributed by atoms with van der Waals surface area (Å²) in [6.45, 7) is 0.0234. The minimum absolute atomic E-state index is 0.0234. The average Bonchev–Trinajstić information content (AvgIpc) is 2.65. The molecule has 2 aromatic carbocycles. The highest BCUT2D eigenvalue weighted by atomic mass is 16.6. The number of carbonyl (C=O) groups excluding carboxylic acids is 2. The molecule has 0 saturated heterocycles. The van der Waals surface area contributed by atoms with Gasteiger partial charge in [0, 0.05) is 31.8 Å². The van der Waals surface area contributed by atoms with Crippen LogP contribution in [-0.2, 0) is 4.79 Å². The molecule has 2 amide bonds. The number of non-ortho nitro benzene ring substituents is 1. The molecule has 0 N–H and O–H groups in total. The summed E-state index contributed by atoms with van der Waals surface area (Å²) in [5.41, 5.74) is 0.525. The van der Waals surface area contributed by atoms with Gasteiger partial charge in [0.2, 0.25) is 0 Å². The number of hydrogen-bond acceptors (Lipinski definition) is 5. The van der Waals surface area contributed by atoms with E-state index < -0.39 is 16.9 Å². The van der Waals surface area contributed by atoms with Crippen LogP contribution in [0.1, 0.15) is 10.4 Å². The van der Waals surface area contributed by atoms with Crippen molar-refractivity contribution in [1.82, 2.24) is 4.90 Å². The number of fused-ring (bicyclic) bond motifs is 1. The average molecular weight is 355 g/mol. The highest BCUT2D eigenvalue weighted by Crippen LogP contribution is 2.34. The number of rotatable bonds is 3. The van der Waals surface area contributed by atoms with E-state index in [1.54, 1.807) is 38.4 Å². The maximum Gasteiger partial charge on any atom is 0.270 e. The molecule has 1 aliphatic rings. The maximum atomic E-state index is 13.0. The second-order valence-electron chi connectivity index (χ2n) is 6.03. The van der Waals surface area contributed by atoms with E-state index in [0.29, 0.717) is 11.4 Å². The van der Waals surface area contributed by atoms with E-state index >= 15 is 0 Å². The molecular weight excluding hydrogens is 338 g/mol. The second-order valence-corrected chi connectivity index (χ2v) is 6.03. The van der Waals surface area contributed by atoms with E-state index in [-0.39, 0.29) is 23.7 Å². The van der Waals surface area contributed by atoms with Gasteiger partial charge in [-0.3, -0.25) is 19.7 Å². The minimum atomic E-state index is -0.845. The number of amides is 2. The number of anilines is 1. The van der Waals surface area contributed by atoms with Crippen molar-refractivity contribution >= 4 is 23.2 Å². The van der Waals surface area contributed by atoms with Crippen molar-refractivity contribution in [2.75, 3.05) is 25.5 Å². The number of carbonyl (C=O) groups is 2. The fraction of sp³-hybridized carbons (Fsp3) is 0.222. The molecule has 0 spiro atoms. The molecule has 8 heteroatoms. The van der Waals surface area contributed by atoms with Gasteiger partial charge in [-0.15, -0.1) is 0 Å². The first-order chi connectivity index (χ1) is 12.4. The summed E-state index contributed by atoms with van der Waals surface area (Å²) in [5, 5.41) is 11.0. The Morgan fingerprint density at radius 3 is 2.62 bits per heavy atom. The summed E-state index contributed by atoms with van der Waals surface area (Å²) < 4.78 is 5.74. The molecule has 26 heavy (non-hydrogen) atoms. The summed E-state index contributed by atoms with van der Waals surface area (Å²) in [4.78, 5) is 38.6. The predicted molar refractivity (Wildman–Crippen MR) is 94.3 cm³/mol. The number of likely N-dealkylation sites (N-methyl/N-ethyl adjacent to an activating group) is 1. The number of benzene rings is 2. The normalized spacial score (nSPS) is 15.6. The van der Waals surface area contributed by atoms with Crippen LogP contribution in [0.15, 0.2) is 48.5 Å². The van der Waals surface area contributed by atoms with E-state index in [9.17, 15) is 19.7 Å². The van der Waals surface area contributed by atoms with Crippen LogP contribution in [-0.4, -0.2) is 48.4 Å². The quantitative estimate of drug-likeness (QED) is 0.621. The van der Waals surface area contributed by atoms with Crippen LogP contribution in [0.2, 0.25) is 0 Å². The van der Waals surface area contributed by atoms with Gasteiger partial charge in [0.05, 0.1) is 17.2 Å². The topological polar surface area (TPSA) is 93.0 Å². The van der Waals surface area contributed by atoms with Crippen molar-refractivity contribution in [3.8, 4) is 5.75 Å². The Balaban J connectivity index is 1.99. The molecule has 0 aliphatic carbocycles. The number of para-hydroxylation sites is 2. The van der Waals surface area contributed by atoms with Crippen molar-refractivity contribution in [2.45, 2.75) is 6.10 Å². The predicted octanol–water partition coefficient (Wildman–Crippen LogP) is 2.09. The number of hydrogen-bond donors (Lipinski definition) is 0. The molecule has 134 valence electrons. The van der Waals surface area contributed by atoms with Crippen LogP contribution in [0, 0.1) is 10.1 Å². The Morgan fingerprint density at radius 2 is 1.92 bits per heavy atom. The molecule has 1 atom stereocenters. The Morgan fingerprint density at radius 1 is 1.19 bits per heavy atom. The third kappa shape index (κ3) is 3.21. The van der Waals surface area contributed by atoms with E-state index in [0.717, 1.165) is 0 Å². The van der Waals surface area contributed by atoms with Gasteiger partial charge in [-0.2, -0.15) is 0 Å². The van der Waals surface area contributed by atoms with Gasteiger partial charge < -0.3 is 14.5 Å². The molecule has 1 aliphatic heterocycles. The minimum Gasteiger partial charge on any atom is -0.476 e. The maximum absolute atomic E-state index is 13.0. The summed E-state index contributed by atoms with van der Waals surface area (Å²) in [6, 6.07) is 12.4. The molecule has 8 nitrogen and oxygen atoms in total. The number of nitro benzene ring substituents is 1. The number of nitro groups is 1. The molecule has 0 aromatic heterocycles. The van der Waals surface area contributed by atoms with Crippen molar-refractivity contribution in [2.24, 2.45) is 0 Å². The van der Waals surface area contributed by atoms with E-state index in [4.69, 9.17) is 4.74 Å². The molecule has 0 fully saturated rings. The third-order valence-electron chi connectivity index (χ3n) is 4.04. The van der Waals surface area contributed by atoms with Gasteiger partial charge in [0.15, 0.2) is 6.10 Å². The smallest absolute Gasteiger partial charge is 0.270 e. The lowest BCUT2D eigenvalue weighted by atomic mass is 10.1. The highest BCUT2D eigenvalue weighted by molar-refractivity contribution is 6.08. The number of nitrogens with zero attached hydrogens (tertiary/aromatic N) is 3. The lowest BCUT2D eigenvalue weighted by molar-refractivity contribution is -0.384. The first-order valence-electron chi connectivity index (χ1n) is 7.91. The molecular formula is C18H17N3O5. The van der Waals surface area contributed by atoms with E-state index in [1.165, 1.54) is 34.1 Å². The Bertz CT molecular complexity index is 881. The first kappa shape index (κ1) is 17.4. The van der Waals surface area contributed by atoms with Crippen LogP contribution in [0.4, 0.5) is 11.4 Å². The van der Waals surface area contributed by atoms with Crippen LogP contribution in [0.5, 0.6) is 5.75 Å². The second kappa shape index (κ2) is 6.83. The van der Waals surface area contributed by atoms with Crippen LogP contribution in [0.3, 0.4) is 0 Å². The van der Waals surface area contributed by atoms with Gasteiger partial charge in [0.1, 0.15) is 5.75 Å². The molecule has 0 unspecified atom stereocenters. The van der Waals surface area contributed by atoms with E-state index in [2.05, 4.69) is 0 Å². The van der Waals surface area contributed by atoms with Crippen molar-refractivity contribution in [3.05, 3.63) is 64.2 Å². The Hall–Kier alpha value is -3.42. The highest BCUT2D eigenvalue weighted by Gasteiger charge is 2.35. The van der Waals surface area contributed by atoms with Crippen LogP contribution >= 0.6 is 0 Å². The van der Waals surface area contributed by atoms with Crippen molar-refractivity contribution < 1.29 is 19.2 Å². The Labute approximate surface area is 149 Å². The molecule has 0 radical (unpaired) electrons. The zero-order valence-corrected chi connectivity index (χ0v) is 14.3. The lowest BCUT2D eigenvalue weighted by Crippen LogP contribution is -2.50. The van der Waals surface area contributed by atoms with Crippen LogP contribution in [0.25, 0.3) is 0 Å². The SMILES string of the molecule is CN(C)C(=O)[C@@H]1CN(C(=O)c2cccc([N+](=O)[O-])c2)c2ccccc2O1. The van der Waals surface area contributed by atoms with Crippen molar-refractivity contribution in [1.29, 1.82) is 0 Å². The van der Waals surface area contributed by atoms with Gasteiger partial charge in [-0.25, -0.2) is 0 Å². The van der Waals surface area contributed by atoms with Gasteiger partial charge >= 0.3 is 0 Å². The fourth-order valence-corrected chi connectivity index (χ4v) is 2.75. The van der Waals surface area contributed by atoms with Crippen molar-refractivity contribution in [3.63, 3.8) is 0 Å². The third-order valence-corrected chi connectivity index (χ3v) is 4.04. The summed E-state index contributed by atoms with van der Waals surface area (Å²) in [6.07, 6.45) is -0.845. The molecule has 3 rings (SSSR count). The summed E-state index contributed by atoms with van der Waals surface area (Å²) in [5.74, 6) is -0.282. The fourth-order valence-electron chi connectivity index (χ4n) is 2.75. The van der Waals surface area contributed by atoms with Gasteiger partial charge in [-0.05, 0) is 18.2 Å². The summed E-state index contributed by atoms with van der Waals surface area (Å²) in [7, 11) is 3.22. The van der Waals surface area contributed by atoms with Gasteiger partial charge in [0.25, 0.3) is 17.5 Å². The largest absolute Gasteiger partial charge is 0.476 e. The zero-order valence-electron chi connectivity index (χ0n) is 14.3. The molecule has 0 bridgehead atoms. The Kier molecular flexibility index (Phi) is 4.57. The number of ether oxygens (including phenoxy) is 1.